The maximum Gasteiger partial charge on any atom is 0.329 e. The molecule has 7 nitrogen and oxygen atoms in total. The molecule has 0 aliphatic carbocycles. The molecule has 152 valence electrons. The van der Waals surface area contributed by atoms with Crippen LogP contribution in [0.15, 0.2) is 36.0 Å². The Labute approximate surface area is 169 Å². The zero-order valence-electron chi connectivity index (χ0n) is 17.2. The number of hydrogen-bond acceptors (Lipinski definition) is 3. The van der Waals surface area contributed by atoms with Gasteiger partial charge in [-0.1, -0.05) is 32.9 Å². The predicted molar refractivity (Wildman–Crippen MR) is 110 cm³/mol. The highest BCUT2D eigenvalue weighted by atomic mass is 16.4. The third kappa shape index (κ3) is 3.94. The standard InChI is InChI=1S/C22H25N3O4/c1-13-10-15(11-18-20(28)24(12-19(26)27)21(29)23-18)14(2)25(13)17-8-6-16(7-9-17)22(3,4)5/h6-11H,12H2,1-5H3,(H,23,29)(H,26,27)/b18-11+. The lowest BCUT2D eigenvalue weighted by Crippen LogP contribution is -2.35. The van der Waals surface area contributed by atoms with E-state index < -0.39 is 24.5 Å². The number of hydrogen-bond donors (Lipinski definition) is 2. The van der Waals surface area contributed by atoms with Crippen molar-refractivity contribution in [1.29, 1.82) is 0 Å². The number of rotatable bonds is 4. The fourth-order valence-corrected chi connectivity index (χ4v) is 3.45. The van der Waals surface area contributed by atoms with Crippen LogP contribution in [0.1, 0.15) is 43.3 Å². The van der Waals surface area contributed by atoms with Gasteiger partial charge in [0, 0.05) is 17.1 Å². The molecular weight excluding hydrogens is 370 g/mol. The summed E-state index contributed by atoms with van der Waals surface area (Å²) in [6, 6.07) is 9.55. The van der Waals surface area contributed by atoms with E-state index in [0.717, 1.165) is 22.6 Å². The SMILES string of the molecule is Cc1cc(/C=C2/NC(=O)N(CC(=O)O)C2=O)c(C)n1-c1ccc(C(C)(C)C)cc1. The molecule has 7 heteroatoms. The summed E-state index contributed by atoms with van der Waals surface area (Å²) in [6.45, 7) is 9.74. The van der Waals surface area contributed by atoms with E-state index in [0.29, 0.717) is 4.90 Å². The highest BCUT2D eigenvalue weighted by Gasteiger charge is 2.35. The molecule has 0 unspecified atom stereocenters. The van der Waals surface area contributed by atoms with E-state index in [9.17, 15) is 14.4 Å². The largest absolute Gasteiger partial charge is 0.480 e. The molecule has 0 saturated carbocycles. The molecule has 2 heterocycles. The van der Waals surface area contributed by atoms with Gasteiger partial charge in [0.05, 0.1) is 0 Å². The van der Waals surface area contributed by atoms with E-state index in [1.54, 1.807) is 6.08 Å². The summed E-state index contributed by atoms with van der Waals surface area (Å²) in [5.41, 5.74) is 5.06. The Morgan fingerprint density at radius 1 is 1.14 bits per heavy atom. The summed E-state index contributed by atoms with van der Waals surface area (Å²) >= 11 is 0. The number of carbonyl (C=O) groups excluding carboxylic acids is 2. The monoisotopic (exact) mass is 395 g/mol. The van der Waals surface area contributed by atoms with Crippen molar-refractivity contribution in [3.63, 3.8) is 0 Å². The maximum atomic E-state index is 12.4. The van der Waals surface area contributed by atoms with E-state index in [2.05, 4.69) is 54.9 Å². The number of urea groups is 1. The highest BCUT2D eigenvalue weighted by molar-refractivity contribution is 6.15. The number of benzene rings is 1. The number of imide groups is 1. The number of aliphatic carboxylic acids is 1. The summed E-state index contributed by atoms with van der Waals surface area (Å²) < 4.78 is 2.08. The number of amides is 3. The van der Waals surface area contributed by atoms with Crippen LogP contribution in [0, 0.1) is 13.8 Å². The van der Waals surface area contributed by atoms with Crippen molar-refractivity contribution in [2.45, 2.75) is 40.0 Å². The molecule has 1 aliphatic rings. The average molecular weight is 395 g/mol. The Morgan fingerprint density at radius 3 is 2.31 bits per heavy atom. The van der Waals surface area contributed by atoms with Crippen molar-refractivity contribution in [1.82, 2.24) is 14.8 Å². The van der Waals surface area contributed by atoms with Gasteiger partial charge in [0.15, 0.2) is 0 Å². The molecule has 3 rings (SSSR count). The zero-order valence-corrected chi connectivity index (χ0v) is 17.2. The minimum absolute atomic E-state index is 0.0672. The molecule has 0 bridgehead atoms. The number of carbonyl (C=O) groups is 3. The fourth-order valence-electron chi connectivity index (χ4n) is 3.45. The molecule has 1 fully saturated rings. The van der Waals surface area contributed by atoms with Gasteiger partial charge in [-0.3, -0.25) is 9.59 Å². The first kappa shape index (κ1) is 20.4. The molecule has 1 aromatic carbocycles. The highest BCUT2D eigenvalue weighted by Crippen LogP contribution is 2.27. The lowest BCUT2D eigenvalue weighted by atomic mass is 9.87. The molecule has 1 saturated heterocycles. The smallest absolute Gasteiger partial charge is 0.329 e. The van der Waals surface area contributed by atoms with Crippen LogP contribution in [0.3, 0.4) is 0 Å². The van der Waals surface area contributed by atoms with Crippen molar-refractivity contribution in [2.75, 3.05) is 6.54 Å². The van der Waals surface area contributed by atoms with Crippen LogP contribution < -0.4 is 5.32 Å². The van der Waals surface area contributed by atoms with E-state index >= 15 is 0 Å². The van der Waals surface area contributed by atoms with Crippen LogP contribution in [0.2, 0.25) is 0 Å². The maximum absolute atomic E-state index is 12.4. The van der Waals surface area contributed by atoms with Gasteiger partial charge in [0.25, 0.3) is 5.91 Å². The van der Waals surface area contributed by atoms with Gasteiger partial charge in [0.2, 0.25) is 0 Å². The van der Waals surface area contributed by atoms with E-state index in [4.69, 9.17) is 5.11 Å². The van der Waals surface area contributed by atoms with Crippen molar-refractivity contribution in [3.8, 4) is 5.69 Å². The molecule has 0 radical (unpaired) electrons. The van der Waals surface area contributed by atoms with Crippen LogP contribution >= 0.6 is 0 Å². The number of nitrogens with zero attached hydrogens (tertiary/aromatic N) is 2. The summed E-state index contributed by atoms with van der Waals surface area (Å²) in [5, 5.41) is 11.3. The average Bonchev–Trinajstić information content (AvgIpc) is 3.04. The third-order valence-corrected chi connectivity index (χ3v) is 5.02. The van der Waals surface area contributed by atoms with E-state index in [-0.39, 0.29) is 11.1 Å². The minimum atomic E-state index is -1.24. The Kier molecular flexibility index (Phi) is 5.09. The van der Waals surface area contributed by atoms with Crippen molar-refractivity contribution >= 4 is 24.0 Å². The molecule has 2 aromatic rings. The number of nitrogens with one attached hydrogen (secondary N) is 1. The second kappa shape index (κ2) is 7.24. The Balaban J connectivity index is 1.94. The topological polar surface area (TPSA) is 91.6 Å². The lowest BCUT2D eigenvalue weighted by Gasteiger charge is -2.20. The first-order valence-electron chi connectivity index (χ1n) is 9.35. The number of carboxylic acids is 1. The van der Waals surface area contributed by atoms with E-state index in [1.165, 1.54) is 5.56 Å². The quantitative estimate of drug-likeness (QED) is 0.613. The van der Waals surface area contributed by atoms with Crippen molar-refractivity contribution in [3.05, 3.63) is 58.5 Å². The van der Waals surface area contributed by atoms with Gasteiger partial charge in [-0.15, -0.1) is 0 Å². The van der Waals surface area contributed by atoms with Gasteiger partial charge >= 0.3 is 12.0 Å². The molecule has 1 aliphatic heterocycles. The number of aryl methyl sites for hydroxylation is 1. The summed E-state index contributed by atoms with van der Waals surface area (Å²) in [5.74, 6) is -1.89. The van der Waals surface area contributed by atoms with Crippen LogP contribution in [-0.2, 0) is 15.0 Å². The molecule has 1 aromatic heterocycles. The molecule has 3 amide bonds. The second-order valence-electron chi connectivity index (χ2n) is 8.23. The van der Waals surface area contributed by atoms with E-state index in [1.807, 2.05) is 19.9 Å². The van der Waals surface area contributed by atoms with Crippen LogP contribution in [0.4, 0.5) is 4.79 Å². The van der Waals surface area contributed by atoms with Crippen molar-refractivity contribution < 1.29 is 19.5 Å². The normalized spacial score (nSPS) is 15.9. The van der Waals surface area contributed by atoms with Gasteiger partial charge in [-0.05, 0) is 54.7 Å². The minimum Gasteiger partial charge on any atom is -0.480 e. The molecule has 0 spiro atoms. The van der Waals surface area contributed by atoms with Crippen molar-refractivity contribution in [2.24, 2.45) is 0 Å². The third-order valence-electron chi connectivity index (χ3n) is 5.02. The molecule has 0 atom stereocenters. The van der Waals surface area contributed by atoms with Gasteiger partial charge in [-0.2, -0.15) is 0 Å². The summed E-state index contributed by atoms with van der Waals surface area (Å²) in [6.07, 6.45) is 1.59. The second-order valence-corrected chi connectivity index (χ2v) is 8.23. The first-order valence-corrected chi connectivity index (χ1v) is 9.35. The van der Waals surface area contributed by atoms with Gasteiger partial charge in [0.1, 0.15) is 12.2 Å². The molecule has 2 N–H and O–H groups in total. The van der Waals surface area contributed by atoms with Gasteiger partial charge < -0.3 is 15.0 Å². The summed E-state index contributed by atoms with van der Waals surface area (Å²) in [7, 11) is 0. The molecular formula is C22H25N3O4. The van der Waals surface area contributed by atoms with Crippen LogP contribution in [0.5, 0.6) is 0 Å². The molecule has 29 heavy (non-hydrogen) atoms. The Bertz CT molecular complexity index is 1020. The van der Waals surface area contributed by atoms with Gasteiger partial charge in [-0.25, -0.2) is 9.69 Å². The Hall–Kier alpha value is -3.35. The first-order chi connectivity index (χ1) is 13.5. The fraction of sp³-hybridized carbons (Fsp3) is 0.318. The predicted octanol–water partition coefficient (Wildman–Crippen LogP) is 3.37. The lowest BCUT2D eigenvalue weighted by molar-refractivity contribution is -0.140. The van der Waals surface area contributed by atoms with Crippen LogP contribution in [0.25, 0.3) is 11.8 Å². The van der Waals surface area contributed by atoms with Crippen LogP contribution in [-0.4, -0.2) is 39.0 Å². The number of carboxylic acid groups (broad SMARTS) is 1. The Morgan fingerprint density at radius 2 is 1.76 bits per heavy atom. The zero-order chi connectivity index (χ0) is 21.5. The summed E-state index contributed by atoms with van der Waals surface area (Å²) in [4.78, 5) is 35.8. The number of aromatic nitrogens is 1.